The molecule has 2 rings (SSSR count). The minimum Gasteiger partial charge on any atom is -0.381 e. The number of ether oxygens (including phenoxy) is 1. The quantitative estimate of drug-likeness (QED) is 0.441. The zero-order valence-corrected chi connectivity index (χ0v) is 10.3. The first-order chi connectivity index (χ1) is 7.92. The SMILES string of the molecule is NNC(C1CCCCCC1)C1CCCOC1. The van der Waals surface area contributed by atoms with E-state index in [2.05, 4.69) is 5.43 Å². The molecule has 3 N–H and O–H groups in total. The molecule has 0 radical (unpaired) electrons. The number of nitrogens with two attached hydrogens (primary N) is 1. The van der Waals surface area contributed by atoms with Crippen LogP contribution < -0.4 is 11.3 Å². The predicted molar refractivity (Wildman–Crippen MR) is 65.8 cm³/mol. The average Bonchev–Trinajstić information content (AvgIpc) is 2.61. The van der Waals surface area contributed by atoms with Gasteiger partial charge >= 0.3 is 0 Å². The van der Waals surface area contributed by atoms with Crippen LogP contribution in [-0.2, 0) is 4.74 Å². The molecule has 0 aromatic heterocycles. The second kappa shape index (κ2) is 6.58. The Morgan fingerprint density at radius 1 is 0.938 bits per heavy atom. The second-order valence-electron chi connectivity index (χ2n) is 5.42. The fourth-order valence-corrected chi connectivity index (χ4v) is 3.38. The van der Waals surface area contributed by atoms with E-state index in [-0.39, 0.29) is 0 Å². The molecule has 0 spiro atoms. The summed E-state index contributed by atoms with van der Waals surface area (Å²) in [7, 11) is 0. The van der Waals surface area contributed by atoms with Crippen molar-refractivity contribution in [3.8, 4) is 0 Å². The molecule has 94 valence electrons. The van der Waals surface area contributed by atoms with Gasteiger partial charge in [-0.15, -0.1) is 0 Å². The van der Waals surface area contributed by atoms with Gasteiger partial charge in [-0.2, -0.15) is 0 Å². The molecule has 16 heavy (non-hydrogen) atoms. The van der Waals surface area contributed by atoms with E-state index in [1.165, 1.54) is 51.4 Å². The Morgan fingerprint density at radius 3 is 2.19 bits per heavy atom. The Kier molecular flexibility index (Phi) is 5.07. The molecule has 0 bridgehead atoms. The van der Waals surface area contributed by atoms with Crippen LogP contribution in [0.1, 0.15) is 51.4 Å². The van der Waals surface area contributed by atoms with Crippen molar-refractivity contribution in [2.45, 2.75) is 57.4 Å². The van der Waals surface area contributed by atoms with Crippen molar-refractivity contribution in [2.75, 3.05) is 13.2 Å². The summed E-state index contributed by atoms with van der Waals surface area (Å²) in [6.07, 6.45) is 10.8. The molecule has 1 aliphatic heterocycles. The highest BCUT2D eigenvalue weighted by Gasteiger charge is 2.30. The van der Waals surface area contributed by atoms with Crippen molar-refractivity contribution < 1.29 is 4.74 Å². The molecule has 2 unspecified atom stereocenters. The maximum absolute atomic E-state index is 5.78. The second-order valence-corrected chi connectivity index (χ2v) is 5.42. The fraction of sp³-hybridized carbons (Fsp3) is 1.00. The van der Waals surface area contributed by atoms with Crippen LogP contribution in [0.15, 0.2) is 0 Å². The minimum absolute atomic E-state index is 0.485. The third-order valence-electron chi connectivity index (χ3n) is 4.30. The van der Waals surface area contributed by atoms with E-state index in [1.807, 2.05) is 0 Å². The average molecular weight is 226 g/mol. The number of hydrogen-bond acceptors (Lipinski definition) is 3. The van der Waals surface area contributed by atoms with Crippen molar-refractivity contribution in [1.29, 1.82) is 0 Å². The molecule has 1 saturated heterocycles. The van der Waals surface area contributed by atoms with Gasteiger partial charge in [0.25, 0.3) is 0 Å². The molecule has 1 aliphatic carbocycles. The van der Waals surface area contributed by atoms with Gasteiger partial charge in [0, 0.05) is 12.6 Å². The van der Waals surface area contributed by atoms with Crippen LogP contribution in [0.2, 0.25) is 0 Å². The third-order valence-corrected chi connectivity index (χ3v) is 4.30. The van der Waals surface area contributed by atoms with Crippen LogP contribution in [-0.4, -0.2) is 19.3 Å². The van der Waals surface area contributed by atoms with Crippen LogP contribution in [0.3, 0.4) is 0 Å². The van der Waals surface area contributed by atoms with Gasteiger partial charge in [0.1, 0.15) is 0 Å². The standard InChI is InChI=1S/C13H26N2O/c14-15-13(12-8-5-9-16-10-12)11-6-3-1-2-4-7-11/h11-13,15H,1-10,14H2. The van der Waals surface area contributed by atoms with Gasteiger partial charge in [-0.3, -0.25) is 11.3 Å². The molecule has 0 aromatic rings. The molecular weight excluding hydrogens is 200 g/mol. The lowest BCUT2D eigenvalue weighted by atomic mass is 9.81. The normalized spacial score (nSPS) is 30.9. The predicted octanol–water partition coefficient (Wildman–Crippen LogP) is 2.22. The van der Waals surface area contributed by atoms with E-state index in [1.54, 1.807) is 0 Å². The first-order valence-electron chi connectivity index (χ1n) is 6.95. The summed E-state index contributed by atoms with van der Waals surface area (Å²) >= 11 is 0. The zero-order chi connectivity index (χ0) is 11.2. The lowest BCUT2D eigenvalue weighted by Crippen LogP contribution is -2.48. The van der Waals surface area contributed by atoms with Gasteiger partial charge in [0.2, 0.25) is 0 Å². The van der Waals surface area contributed by atoms with E-state index in [0.29, 0.717) is 12.0 Å². The van der Waals surface area contributed by atoms with Crippen LogP contribution in [0.25, 0.3) is 0 Å². The summed E-state index contributed by atoms with van der Waals surface area (Å²) in [5, 5.41) is 0. The molecule has 1 saturated carbocycles. The van der Waals surface area contributed by atoms with Gasteiger partial charge in [-0.1, -0.05) is 25.7 Å². The molecule has 3 heteroatoms. The summed E-state index contributed by atoms with van der Waals surface area (Å²) in [5.74, 6) is 7.20. The molecule has 0 aromatic carbocycles. The number of hydrazine groups is 1. The Bertz CT molecular complexity index is 184. The highest BCUT2D eigenvalue weighted by atomic mass is 16.5. The van der Waals surface area contributed by atoms with Gasteiger partial charge in [0.05, 0.1) is 6.61 Å². The highest BCUT2D eigenvalue weighted by Crippen LogP contribution is 2.31. The Labute approximate surface area is 99.1 Å². The summed E-state index contributed by atoms with van der Waals surface area (Å²) < 4.78 is 5.59. The highest BCUT2D eigenvalue weighted by molar-refractivity contribution is 4.84. The lowest BCUT2D eigenvalue weighted by Gasteiger charge is -2.35. The molecule has 3 nitrogen and oxygen atoms in total. The lowest BCUT2D eigenvalue weighted by molar-refractivity contribution is 0.0269. The van der Waals surface area contributed by atoms with E-state index in [0.717, 1.165) is 19.1 Å². The summed E-state index contributed by atoms with van der Waals surface area (Å²) in [5.41, 5.74) is 3.09. The van der Waals surface area contributed by atoms with Crippen molar-refractivity contribution in [2.24, 2.45) is 17.7 Å². The van der Waals surface area contributed by atoms with Gasteiger partial charge in [-0.25, -0.2) is 0 Å². The smallest absolute Gasteiger partial charge is 0.0509 e. The van der Waals surface area contributed by atoms with Crippen molar-refractivity contribution in [3.63, 3.8) is 0 Å². The Morgan fingerprint density at radius 2 is 1.62 bits per heavy atom. The van der Waals surface area contributed by atoms with Crippen LogP contribution in [0, 0.1) is 11.8 Å². The van der Waals surface area contributed by atoms with E-state index in [4.69, 9.17) is 10.6 Å². The number of hydrogen-bond donors (Lipinski definition) is 2. The first kappa shape index (κ1) is 12.3. The number of rotatable bonds is 3. The Hall–Kier alpha value is -0.120. The van der Waals surface area contributed by atoms with Crippen LogP contribution in [0.5, 0.6) is 0 Å². The molecule has 2 fully saturated rings. The van der Waals surface area contributed by atoms with Gasteiger partial charge in [0.15, 0.2) is 0 Å². The molecular formula is C13H26N2O. The first-order valence-corrected chi connectivity index (χ1v) is 6.95. The van der Waals surface area contributed by atoms with Gasteiger partial charge < -0.3 is 4.74 Å². The summed E-state index contributed by atoms with van der Waals surface area (Å²) in [6.45, 7) is 1.85. The summed E-state index contributed by atoms with van der Waals surface area (Å²) in [4.78, 5) is 0. The molecule has 0 amide bonds. The molecule has 2 aliphatic rings. The van der Waals surface area contributed by atoms with Crippen molar-refractivity contribution in [3.05, 3.63) is 0 Å². The molecule has 1 heterocycles. The molecule has 2 atom stereocenters. The van der Waals surface area contributed by atoms with E-state index >= 15 is 0 Å². The van der Waals surface area contributed by atoms with Crippen molar-refractivity contribution in [1.82, 2.24) is 5.43 Å². The minimum atomic E-state index is 0.485. The maximum atomic E-state index is 5.78. The van der Waals surface area contributed by atoms with E-state index in [9.17, 15) is 0 Å². The fourth-order valence-electron chi connectivity index (χ4n) is 3.38. The maximum Gasteiger partial charge on any atom is 0.0509 e. The number of nitrogens with one attached hydrogen (secondary N) is 1. The third kappa shape index (κ3) is 3.19. The Balaban J connectivity index is 1.90. The van der Waals surface area contributed by atoms with Crippen LogP contribution in [0.4, 0.5) is 0 Å². The van der Waals surface area contributed by atoms with Gasteiger partial charge in [-0.05, 0) is 37.5 Å². The van der Waals surface area contributed by atoms with Crippen molar-refractivity contribution >= 4 is 0 Å². The largest absolute Gasteiger partial charge is 0.381 e. The zero-order valence-electron chi connectivity index (χ0n) is 10.3. The van der Waals surface area contributed by atoms with Crippen LogP contribution >= 0.6 is 0 Å². The van der Waals surface area contributed by atoms with E-state index < -0.39 is 0 Å². The summed E-state index contributed by atoms with van der Waals surface area (Å²) in [6, 6.07) is 0.485. The monoisotopic (exact) mass is 226 g/mol. The topological polar surface area (TPSA) is 47.3 Å².